The molecule has 1 aromatic rings. The molecule has 1 fully saturated rings. The maximum absolute atomic E-state index is 12.5. The third kappa shape index (κ3) is 3.83. The van der Waals surface area contributed by atoms with Crippen LogP contribution >= 0.6 is 0 Å². The van der Waals surface area contributed by atoms with Crippen LogP contribution in [-0.2, 0) is 16.4 Å². The van der Waals surface area contributed by atoms with E-state index in [9.17, 15) is 13.5 Å². The lowest BCUT2D eigenvalue weighted by Crippen LogP contribution is -2.41. The fourth-order valence-electron chi connectivity index (χ4n) is 2.87. The number of hydrogen-bond donors (Lipinski definition) is 2. The number of likely N-dealkylation sites (N-methyl/N-ethyl adjacent to an activating group) is 1. The van der Waals surface area contributed by atoms with Crippen LogP contribution in [0.15, 0.2) is 29.2 Å². The first-order valence-corrected chi connectivity index (χ1v) is 8.79. The predicted molar refractivity (Wildman–Crippen MR) is 82.4 cm³/mol. The van der Waals surface area contributed by atoms with E-state index in [0.29, 0.717) is 19.4 Å². The summed E-state index contributed by atoms with van der Waals surface area (Å²) in [7, 11) is -2.03. The number of rotatable bonds is 6. The summed E-state index contributed by atoms with van der Waals surface area (Å²) in [4.78, 5) is 0.257. The molecule has 5 nitrogen and oxygen atoms in total. The molecule has 1 saturated carbocycles. The second kappa shape index (κ2) is 6.44. The van der Waals surface area contributed by atoms with Gasteiger partial charge in [0, 0.05) is 13.6 Å². The van der Waals surface area contributed by atoms with E-state index in [-0.39, 0.29) is 11.4 Å². The van der Waals surface area contributed by atoms with E-state index in [0.717, 1.165) is 24.8 Å². The number of aliphatic hydroxyl groups is 1. The third-order valence-electron chi connectivity index (χ3n) is 4.12. The summed E-state index contributed by atoms with van der Waals surface area (Å²) in [6, 6.07) is 6.79. The van der Waals surface area contributed by atoms with Crippen molar-refractivity contribution in [3.63, 3.8) is 0 Å². The van der Waals surface area contributed by atoms with Crippen LogP contribution in [0.1, 0.15) is 31.2 Å². The molecule has 0 bridgehead atoms. The summed E-state index contributed by atoms with van der Waals surface area (Å²) < 4.78 is 26.3. The van der Waals surface area contributed by atoms with Crippen molar-refractivity contribution in [2.75, 3.05) is 20.1 Å². The summed E-state index contributed by atoms with van der Waals surface area (Å²) in [5.41, 5.74) is 5.63. The largest absolute Gasteiger partial charge is 0.389 e. The second-order valence-corrected chi connectivity index (χ2v) is 7.92. The van der Waals surface area contributed by atoms with Gasteiger partial charge in [0.25, 0.3) is 0 Å². The molecule has 21 heavy (non-hydrogen) atoms. The zero-order chi connectivity index (χ0) is 15.5. The second-order valence-electron chi connectivity index (χ2n) is 5.88. The Morgan fingerprint density at radius 1 is 1.24 bits per heavy atom. The molecule has 0 saturated heterocycles. The molecule has 0 unspecified atom stereocenters. The van der Waals surface area contributed by atoms with Gasteiger partial charge < -0.3 is 10.8 Å². The van der Waals surface area contributed by atoms with Crippen molar-refractivity contribution in [2.45, 2.75) is 42.6 Å². The molecule has 0 aromatic heterocycles. The highest BCUT2D eigenvalue weighted by Crippen LogP contribution is 2.31. The van der Waals surface area contributed by atoms with Crippen LogP contribution in [0.3, 0.4) is 0 Å². The van der Waals surface area contributed by atoms with Gasteiger partial charge in [0.05, 0.1) is 10.5 Å². The number of nitrogens with zero attached hydrogens (tertiary/aromatic N) is 1. The minimum absolute atomic E-state index is 0.153. The summed E-state index contributed by atoms with van der Waals surface area (Å²) in [5, 5.41) is 10.4. The van der Waals surface area contributed by atoms with Gasteiger partial charge in [-0.25, -0.2) is 8.42 Å². The number of nitrogens with two attached hydrogens (primary N) is 1. The van der Waals surface area contributed by atoms with Crippen LogP contribution < -0.4 is 5.73 Å². The van der Waals surface area contributed by atoms with Crippen LogP contribution in [0.25, 0.3) is 0 Å². The molecule has 0 atom stereocenters. The molecule has 0 heterocycles. The molecule has 2 rings (SSSR count). The first kappa shape index (κ1) is 16.4. The lowest BCUT2D eigenvalue weighted by Gasteiger charge is -2.28. The van der Waals surface area contributed by atoms with Crippen LogP contribution in [0.5, 0.6) is 0 Å². The van der Waals surface area contributed by atoms with Crippen molar-refractivity contribution < 1.29 is 13.5 Å². The lowest BCUT2D eigenvalue weighted by molar-refractivity contribution is 0.0333. The molecule has 1 aliphatic carbocycles. The number of benzene rings is 1. The summed E-state index contributed by atoms with van der Waals surface area (Å²) in [5.74, 6) is 0. The highest BCUT2D eigenvalue weighted by molar-refractivity contribution is 7.89. The van der Waals surface area contributed by atoms with E-state index in [2.05, 4.69) is 0 Å². The number of sulfonamides is 1. The molecule has 0 amide bonds. The molecular formula is C15H24N2O3S. The zero-order valence-electron chi connectivity index (χ0n) is 12.5. The van der Waals surface area contributed by atoms with Crippen LogP contribution in [0.4, 0.5) is 0 Å². The zero-order valence-corrected chi connectivity index (χ0v) is 13.3. The van der Waals surface area contributed by atoms with Gasteiger partial charge >= 0.3 is 0 Å². The van der Waals surface area contributed by atoms with E-state index in [1.54, 1.807) is 24.3 Å². The third-order valence-corrected chi connectivity index (χ3v) is 5.93. The van der Waals surface area contributed by atoms with Crippen molar-refractivity contribution >= 4 is 10.0 Å². The Morgan fingerprint density at radius 3 is 2.33 bits per heavy atom. The molecule has 118 valence electrons. The fourth-order valence-corrected chi connectivity index (χ4v) is 4.12. The van der Waals surface area contributed by atoms with Crippen LogP contribution in [-0.4, -0.2) is 43.6 Å². The SMILES string of the molecule is CN(CC1(O)CCCC1)S(=O)(=O)c1ccc(CCN)cc1. The van der Waals surface area contributed by atoms with Gasteiger partial charge in [-0.15, -0.1) is 0 Å². The molecule has 0 spiro atoms. The van der Waals surface area contributed by atoms with E-state index < -0.39 is 15.6 Å². The maximum atomic E-state index is 12.5. The quantitative estimate of drug-likeness (QED) is 0.824. The van der Waals surface area contributed by atoms with Gasteiger partial charge in [-0.3, -0.25) is 0 Å². The average Bonchev–Trinajstić information content (AvgIpc) is 2.86. The monoisotopic (exact) mass is 312 g/mol. The van der Waals surface area contributed by atoms with Crippen molar-refractivity contribution in [1.82, 2.24) is 4.31 Å². The highest BCUT2D eigenvalue weighted by Gasteiger charge is 2.35. The Balaban J connectivity index is 2.12. The Labute approximate surface area is 126 Å². The van der Waals surface area contributed by atoms with Crippen molar-refractivity contribution in [3.8, 4) is 0 Å². The molecule has 6 heteroatoms. The Kier molecular flexibility index (Phi) is 5.03. The van der Waals surface area contributed by atoms with E-state index in [4.69, 9.17) is 5.73 Å². The number of hydrogen-bond acceptors (Lipinski definition) is 4. The van der Waals surface area contributed by atoms with Gasteiger partial charge in [0.2, 0.25) is 10.0 Å². The topological polar surface area (TPSA) is 83.6 Å². The molecule has 1 aromatic carbocycles. The van der Waals surface area contributed by atoms with Gasteiger partial charge in [-0.2, -0.15) is 4.31 Å². The fraction of sp³-hybridized carbons (Fsp3) is 0.600. The average molecular weight is 312 g/mol. The van der Waals surface area contributed by atoms with E-state index >= 15 is 0 Å². The van der Waals surface area contributed by atoms with Crippen molar-refractivity contribution in [3.05, 3.63) is 29.8 Å². The van der Waals surface area contributed by atoms with E-state index in [1.807, 2.05) is 0 Å². The molecule has 0 radical (unpaired) electrons. The minimum atomic E-state index is -3.55. The summed E-state index contributed by atoms with van der Waals surface area (Å²) in [6.07, 6.45) is 3.98. The molecule has 0 aliphatic heterocycles. The Bertz CT molecular complexity index is 563. The van der Waals surface area contributed by atoms with Gasteiger partial charge in [0.15, 0.2) is 0 Å². The first-order valence-electron chi connectivity index (χ1n) is 7.35. The standard InChI is InChI=1S/C15H24N2O3S/c1-17(12-15(18)9-2-3-10-15)21(19,20)14-6-4-13(5-7-14)8-11-16/h4-7,18H,2-3,8-12,16H2,1H3. The van der Waals surface area contributed by atoms with E-state index in [1.165, 1.54) is 11.4 Å². The molecule has 1 aliphatic rings. The normalized spacial score (nSPS) is 18.3. The van der Waals surface area contributed by atoms with Gasteiger partial charge in [-0.05, 0) is 43.5 Å². The smallest absolute Gasteiger partial charge is 0.242 e. The minimum Gasteiger partial charge on any atom is -0.389 e. The molecular weight excluding hydrogens is 288 g/mol. The van der Waals surface area contributed by atoms with Crippen molar-refractivity contribution in [1.29, 1.82) is 0 Å². The van der Waals surface area contributed by atoms with Crippen LogP contribution in [0.2, 0.25) is 0 Å². The highest BCUT2D eigenvalue weighted by atomic mass is 32.2. The predicted octanol–water partition coefficient (Wildman–Crippen LogP) is 1.11. The Hall–Kier alpha value is -0.950. The maximum Gasteiger partial charge on any atom is 0.242 e. The summed E-state index contributed by atoms with van der Waals surface area (Å²) in [6.45, 7) is 0.693. The van der Waals surface area contributed by atoms with Crippen LogP contribution in [0, 0.1) is 0 Å². The van der Waals surface area contributed by atoms with Gasteiger partial charge in [0.1, 0.15) is 0 Å². The molecule has 3 N–H and O–H groups in total. The summed E-state index contributed by atoms with van der Waals surface area (Å²) >= 11 is 0. The first-order chi connectivity index (χ1) is 9.87. The van der Waals surface area contributed by atoms with Crippen molar-refractivity contribution in [2.24, 2.45) is 5.73 Å². The lowest BCUT2D eigenvalue weighted by atomic mass is 10.0. The van der Waals surface area contributed by atoms with Gasteiger partial charge in [-0.1, -0.05) is 25.0 Å². The Morgan fingerprint density at radius 2 is 1.81 bits per heavy atom.